The number of hydrogen-bond donors (Lipinski definition) is 4. The average molecular weight is 990 g/mol. The summed E-state index contributed by atoms with van der Waals surface area (Å²) in [5.41, 5.74) is 4.65. The van der Waals surface area contributed by atoms with Crippen molar-refractivity contribution in [3.05, 3.63) is 88.1 Å². The number of ether oxygens (including phenoxy) is 4. The van der Waals surface area contributed by atoms with Gasteiger partial charge in [-0.15, -0.1) is 11.3 Å². The van der Waals surface area contributed by atoms with Crippen LogP contribution in [0.25, 0.3) is 44.7 Å². The van der Waals surface area contributed by atoms with Crippen molar-refractivity contribution in [3.8, 4) is 39.5 Å². The number of benzene rings is 2. The number of halogens is 1. The van der Waals surface area contributed by atoms with E-state index in [1.807, 2.05) is 43.0 Å². The summed E-state index contributed by atoms with van der Waals surface area (Å²) in [5, 5.41) is 6.39. The number of carbonyl (C=O) groups excluding carboxylic acids is 4. The lowest BCUT2D eigenvalue weighted by molar-refractivity contribution is -0.137. The Bertz CT molecular complexity index is 2960. The molecule has 4 aromatic heterocycles. The van der Waals surface area contributed by atoms with E-state index in [1.165, 1.54) is 25.2 Å². The van der Waals surface area contributed by atoms with Crippen LogP contribution < -0.4 is 15.4 Å². The van der Waals surface area contributed by atoms with Crippen LogP contribution in [0.2, 0.25) is 0 Å². The number of aryl methyl sites for hydroxylation is 1. The van der Waals surface area contributed by atoms with Crippen LogP contribution in [0.4, 0.5) is 14.0 Å². The summed E-state index contributed by atoms with van der Waals surface area (Å²) in [6.45, 7) is 8.01. The van der Waals surface area contributed by atoms with E-state index in [0.717, 1.165) is 59.1 Å². The number of aromatic nitrogens is 5. The molecule has 5 atom stereocenters. The maximum Gasteiger partial charge on any atom is 0.407 e. The molecule has 4 amide bonds. The van der Waals surface area contributed by atoms with Crippen LogP contribution in [0.15, 0.2) is 60.9 Å². The van der Waals surface area contributed by atoms with Gasteiger partial charge in [-0.3, -0.25) is 14.2 Å². The van der Waals surface area contributed by atoms with Crippen molar-refractivity contribution in [3.63, 3.8) is 0 Å². The Morgan fingerprint density at radius 3 is 2.15 bits per heavy atom. The second-order valence-corrected chi connectivity index (χ2v) is 20.4. The molecule has 19 heteroatoms. The number of carbonyl (C=O) groups is 4. The highest BCUT2D eigenvalue weighted by atomic mass is 32.1. The number of likely N-dealkylation sites (tertiary alicyclic amines) is 2. The van der Waals surface area contributed by atoms with E-state index in [1.54, 1.807) is 28.6 Å². The van der Waals surface area contributed by atoms with Crippen molar-refractivity contribution in [2.45, 2.75) is 103 Å². The highest BCUT2D eigenvalue weighted by molar-refractivity contribution is 7.12. The minimum Gasteiger partial charge on any atom is -0.464 e. The van der Waals surface area contributed by atoms with E-state index in [4.69, 9.17) is 28.9 Å². The fourth-order valence-corrected chi connectivity index (χ4v) is 11.9. The second-order valence-electron chi connectivity index (χ2n) is 19.2. The fraction of sp³-hybridized carbons (Fsp3) is 0.462. The number of nitrogens with zero attached hydrogens (tertiary/aromatic N) is 5. The summed E-state index contributed by atoms with van der Waals surface area (Å²) >= 11 is 1.69. The number of imidazole rings is 2. The maximum absolute atomic E-state index is 17.0. The zero-order valence-electron chi connectivity index (χ0n) is 40.6. The summed E-state index contributed by atoms with van der Waals surface area (Å²) in [6, 6.07) is 13.5. The van der Waals surface area contributed by atoms with Gasteiger partial charge in [-0.25, -0.2) is 23.9 Å². The third-order valence-corrected chi connectivity index (χ3v) is 15.6. The standard InChI is InChI=1S/C52H60FN9O8S/c1-6-9-33-13-15-42(71-33)50-62-37-14-12-30(35-26-54-46(56-35)39-11-8-19-61(39)49(64)45(59-52(66)68-5)29-16-20-69-21-17-29)22-32(37)24-40(62)43-34(53)23-31(25-41(43)70-50)36-27-55-47(57-36)38-10-7-18-60(38)48(63)44(28(2)3)58-51(65)67-4/h12-15,22-29,38-39,44-45,50H,6-11,16-21H2,1-5H3,(H,54,56)(H,55,57)(H,58,65)(H,59,66)/t38-,39-,44-,45-,50?/m0/s1. The quantitative estimate of drug-likeness (QED) is 0.0866. The molecule has 6 aromatic rings. The van der Waals surface area contributed by atoms with Gasteiger partial charge >= 0.3 is 12.2 Å². The number of amides is 4. The predicted molar refractivity (Wildman–Crippen MR) is 264 cm³/mol. The van der Waals surface area contributed by atoms with Crippen LogP contribution in [0, 0.1) is 17.7 Å². The van der Waals surface area contributed by atoms with Crippen molar-refractivity contribution < 1.29 is 42.5 Å². The average Bonchev–Trinajstić information content (AvgIpc) is 4.24. The summed E-state index contributed by atoms with van der Waals surface area (Å²) in [7, 11) is 2.57. The lowest BCUT2D eigenvalue weighted by Crippen LogP contribution is -2.53. The summed E-state index contributed by atoms with van der Waals surface area (Å²) in [5.74, 6) is 0.551. The molecule has 3 fully saturated rings. The van der Waals surface area contributed by atoms with Gasteiger partial charge in [-0.1, -0.05) is 33.3 Å². The Kier molecular flexibility index (Phi) is 13.6. The molecular formula is C52H60FN9O8S. The molecule has 4 aliphatic rings. The van der Waals surface area contributed by atoms with Crippen LogP contribution in [0.3, 0.4) is 0 Å². The van der Waals surface area contributed by atoms with E-state index >= 15 is 4.39 Å². The Labute approximate surface area is 414 Å². The third kappa shape index (κ3) is 9.25. The molecule has 0 spiro atoms. The Balaban J connectivity index is 0.953. The molecule has 71 heavy (non-hydrogen) atoms. The first-order valence-electron chi connectivity index (χ1n) is 24.7. The monoisotopic (exact) mass is 989 g/mol. The Hall–Kier alpha value is -6.73. The summed E-state index contributed by atoms with van der Waals surface area (Å²) in [6.07, 6.45) is 7.75. The Morgan fingerprint density at radius 1 is 0.831 bits per heavy atom. The van der Waals surface area contributed by atoms with Gasteiger partial charge in [-0.05, 0) is 99.2 Å². The first kappa shape index (κ1) is 47.9. The molecule has 2 aromatic carbocycles. The molecule has 10 rings (SSSR count). The van der Waals surface area contributed by atoms with Gasteiger partial charge in [0.05, 0.1) is 71.7 Å². The van der Waals surface area contributed by atoms with Gasteiger partial charge < -0.3 is 49.3 Å². The zero-order chi connectivity index (χ0) is 49.5. The molecule has 4 aliphatic heterocycles. The van der Waals surface area contributed by atoms with E-state index in [0.29, 0.717) is 85.5 Å². The molecule has 17 nitrogen and oxygen atoms in total. The van der Waals surface area contributed by atoms with Gasteiger partial charge in [0, 0.05) is 47.7 Å². The summed E-state index contributed by atoms with van der Waals surface area (Å²) < 4.78 is 41.2. The Morgan fingerprint density at radius 2 is 1.49 bits per heavy atom. The number of fused-ring (bicyclic) bond motifs is 5. The van der Waals surface area contributed by atoms with Crippen molar-refractivity contribution >= 4 is 46.2 Å². The molecule has 1 unspecified atom stereocenters. The van der Waals surface area contributed by atoms with Gasteiger partial charge in [0.15, 0.2) is 0 Å². The highest BCUT2D eigenvalue weighted by Crippen LogP contribution is 2.48. The van der Waals surface area contributed by atoms with Crippen LogP contribution in [0.1, 0.15) is 105 Å². The van der Waals surface area contributed by atoms with Gasteiger partial charge in [0.25, 0.3) is 0 Å². The number of aromatic amines is 2. The van der Waals surface area contributed by atoms with Gasteiger partial charge in [0.1, 0.15) is 35.3 Å². The van der Waals surface area contributed by atoms with E-state index in [9.17, 15) is 19.2 Å². The lowest BCUT2D eigenvalue weighted by Gasteiger charge is -2.34. The minimum atomic E-state index is -0.772. The number of methoxy groups -OCH3 is 2. The zero-order valence-corrected chi connectivity index (χ0v) is 41.4. The molecular weight excluding hydrogens is 930 g/mol. The maximum atomic E-state index is 17.0. The van der Waals surface area contributed by atoms with Crippen molar-refractivity contribution in [1.29, 1.82) is 0 Å². The number of hydrogen-bond acceptors (Lipinski definition) is 11. The second kappa shape index (κ2) is 20.2. The SMILES string of the molecule is CCCc1ccc(C2Oc3cc(-c4cnc([C@@H]5CCCN5C(=O)[C@@H](NC(=O)OC)C(C)C)[nH]4)cc(F)c3-c3cc4cc(-c5cnc([C@@H]6CCCN6C(=O)[C@@H](NC(=O)OC)C6CCOCC6)[nH]5)ccc4n32)s1. The first-order chi connectivity index (χ1) is 34.4. The number of H-pyrrole nitrogens is 2. The minimum absolute atomic E-state index is 0.0735. The van der Waals surface area contributed by atoms with Crippen LogP contribution in [-0.2, 0) is 30.2 Å². The first-order valence-corrected chi connectivity index (χ1v) is 25.5. The highest BCUT2D eigenvalue weighted by Gasteiger charge is 2.41. The molecule has 3 saturated heterocycles. The smallest absolute Gasteiger partial charge is 0.407 e. The molecule has 8 heterocycles. The third-order valence-electron chi connectivity index (χ3n) is 14.4. The van der Waals surface area contributed by atoms with Crippen molar-refractivity contribution in [2.75, 3.05) is 40.5 Å². The number of nitrogens with one attached hydrogen (secondary N) is 4. The van der Waals surface area contributed by atoms with E-state index < -0.39 is 36.3 Å². The number of alkyl carbamates (subject to hydrolysis) is 2. The molecule has 0 bridgehead atoms. The van der Waals surface area contributed by atoms with E-state index in [-0.39, 0.29) is 35.7 Å². The normalized spacial score (nSPS) is 19.8. The predicted octanol–water partition coefficient (Wildman–Crippen LogP) is 9.04. The van der Waals surface area contributed by atoms with Gasteiger partial charge in [0.2, 0.25) is 18.0 Å². The fourth-order valence-electron chi connectivity index (χ4n) is 10.8. The van der Waals surface area contributed by atoms with Crippen LogP contribution in [-0.4, -0.2) is 111 Å². The summed E-state index contributed by atoms with van der Waals surface area (Å²) in [4.78, 5) is 74.9. The molecule has 0 saturated carbocycles. The number of thiophene rings is 1. The van der Waals surface area contributed by atoms with Gasteiger partial charge in [-0.2, -0.15) is 0 Å². The lowest BCUT2D eigenvalue weighted by atomic mass is 9.90. The molecule has 374 valence electrons. The van der Waals surface area contributed by atoms with Crippen molar-refractivity contribution in [1.82, 2.24) is 44.9 Å². The van der Waals surface area contributed by atoms with Crippen LogP contribution in [0.5, 0.6) is 5.75 Å². The molecule has 4 N–H and O–H groups in total. The topological polar surface area (TPSA) is 198 Å². The van der Waals surface area contributed by atoms with Crippen LogP contribution >= 0.6 is 11.3 Å². The van der Waals surface area contributed by atoms with Crippen molar-refractivity contribution in [2.24, 2.45) is 11.8 Å². The molecule has 0 radical (unpaired) electrons. The molecule has 0 aliphatic carbocycles. The largest absolute Gasteiger partial charge is 0.464 e. The van der Waals surface area contributed by atoms with E-state index in [2.05, 4.69) is 50.3 Å². The number of rotatable bonds is 13.